The van der Waals surface area contributed by atoms with Crippen LogP contribution in [-0.4, -0.2) is 0 Å². The first-order valence-corrected chi connectivity index (χ1v) is 12.4. The highest BCUT2D eigenvalue weighted by molar-refractivity contribution is 5.19. The van der Waals surface area contributed by atoms with Crippen LogP contribution in [0.25, 0.3) is 0 Å². The average Bonchev–Trinajstić information content (AvgIpc) is 2.71. The summed E-state index contributed by atoms with van der Waals surface area (Å²) in [6.45, 7) is 4.60. The first kappa shape index (κ1) is 24.3. The van der Waals surface area contributed by atoms with Gasteiger partial charge in [0.2, 0.25) is 0 Å². The van der Waals surface area contributed by atoms with Crippen molar-refractivity contribution in [3.63, 3.8) is 0 Å². The van der Waals surface area contributed by atoms with Gasteiger partial charge in [-0.25, -0.2) is 0 Å². The molecule has 0 fully saturated rings. The first-order chi connectivity index (χ1) is 13.4. The molecule has 1 aromatic carbocycles. The molecule has 0 aromatic heterocycles. The van der Waals surface area contributed by atoms with Gasteiger partial charge in [0.15, 0.2) is 0 Å². The molecule has 0 spiro atoms. The lowest BCUT2D eigenvalue weighted by atomic mass is 9.88. The second-order valence-corrected chi connectivity index (χ2v) is 8.63. The Hall–Kier alpha value is -0.780. The second-order valence-electron chi connectivity index (χ2n) is 8.63. The van der Waals surface area contributed by atoms with Gasteiger partial charge in [0.25, 0.3) is 0 Å². The Morgan fingerprint density at radius 2 is 0.852 bits per heavy atom. The van der Waals surface area contributed by atoms with Gasteiger partial charge in [-0.05, 0) is 24.3 Å². The summed E-state index contributed by atoms with van der Waals surface area (Å²) in [4.78, 5) is 0. The highest BCUT2D eigenvalue weighted by Gasteiger charge is 2.10. The Bertz CT molecular complexity index is 394. The predicted molar refractivity (Wildman–Crippen MR) is 124 cm³/mol. The lowest BCUT2D eigenvalue weighted by Crippen LogP contribution is -1.99. The van der Waals surface area contributed by atoms with Crippen LogP contribution < -0.4 is 0 Å². The summed E-state index contributed by atoms with van der Waals surface area (Å²) in [6, 6.07) is 11.3. The molecular formula is C27H48. The van der Waals surface area contributed by atoms with Crippen molar-refractivity contribution in [1.82, 2.24) is 0 Å². The Labute approximate surface area is 171 Å². The van der Waals surface area contributed by atoms with Crippen molar-refractivity contribution in [1.29, 1.82) is 0 Å². The molecule has 0 aliphatic heterocycles. The normalized spacial score (nSPS) is 12.4. The lowest BCUT2D eigenvalue weighted by Gasteiger charge is -2.17. The summed E-state index contributed by atoms with van der Waals surface area (Å²) in [6.07, 6.45) is 25.7. The van der Waals surface area contributed by atoms with E-state index in [0.29, 0.717) is 0 Å². The third-order valence-corrected chi connectivity index (χ3v) is 6.08. The molecule has 0 heteroatoms. The van der Waals surface area contributed by atoms with Crippen molar-refractivity contribution >= 4 is 0 Å². The number of benzene rings is 1. The summed E-state index contributed by atoms with van der Waals surface area (Å²) in [5.41, 5.74) is 1.59. The third kappa shape index (κ3) is 14.0. The number of unbranched alkanes of at least 4 members (excludes halogenated alkanes) is 14. The maximum Gasteiger partial charge on any atom is -0.0162 e. The second kappa shape index (κ2) is 18.6. The van der Waals surface area contributed by atoms with E-state index in [2.05, 4.69) is 44.2 Å². The zero-order valence-electron chi connectivity index (χ0n) is 18.7. The standard InChI is InChI=1S/C27H48/c1-3-5-7-9-11-12-14-16-19-23-26(27-24-20-17-21-25-27)22-18-15-13-10-8-6-4-2/h17,20-21,24-26H,3-16,18-19,22-23H2,1-2H3. The van der Waals surface area contributed by atoms with Gasteiger partial charge in [-0.2, -0.15) is 0 Å². The van der Waals surface area contributed by atoms with Crippen molar-refractivity contribution < 1.29 is 0 Å². The molecule has 0 heterocycles. The van der Waals surface area contributed by atoms with Gasteiger partial charge in [-0.1, -0.05) is 147 Å². The summed E-state index contributed by atoms with van der Waals surface area (Å²) in [5, 5.41) is 0. The molecule has 1 unspecified atom stereocenters. The van der Waals surface area contributed by atoms with Gasteiger partial charge in [-0.3, -0.25) is 0 Å². The largest absolute Gasteiger partial charge is 0.0654 e. The molecule has 0 radical (unpaired) electrons. The maximum atomic E-state index is 2.36. The topological polar surface area (TPSA) is 0 Å². The molecule has 0 N–H and O–H groups in total. The fourth-order valence-electron chi connectivity index (χ4n) is 4.25. The zero-order chi connectivity index (χ0) is 19.4. The lowest BCUT2D eigenvalue weighted by molar-refractivity contribution is 0.483. The molecule has 0 amide bonds. The van der Waals surface area contributed by atoms with Crippen LogP contribution in [0.2, 0.25) is 0 Å². The van der Waals surface area contributed by atoms with Crippen molar-refractivity contribution in [3.05, 3.63) is 35.9 Å². The van der Waals surface area contributed by atoms with Crippen molar-refractivity contribution in [2.24, 2.45) is 0 Å². The van der Waals surface area contributed by atoms with E-state index in [1.165, 1.54) is 116 Å². The van der Waals surface area contributed by atoms with Crippen LogP contribution in [0.15, 0.2) is 30.3 Å². The minimum absolute atomic E-state index is 0.798. The quantitative estimate of drug-likeness (QED) is 0.212. The fraction of sp³-hybridized carbons (Fsp3) is 0.778. The SMILES string of the molecule is CCCCCCCCCCCC(CCCCCCCCC)c1ccccc1. The van der Waals surface area contributed by atoms with Crippen LogP contribution in [0.4, 0.5) is 0 Å². The van der Waals surface area contributed by atoms with Crippen LogP contribution in [0.3, 0.4) is 0 Å². The van der Waals surface area contributed by atoms with Crippen LogP contribution in [0.5, 0.6) is 0 Å². The van der Waals surface area contributed by atoms with Gasteiger partial charge in [-0.15, -0.1) is 0 Å². The summed E-state index contributed by atoms with van der Waals surface area (Å²) < 4.78 is 0. The third-order valence-electron chi connectivity index (χ3n) is 6.08. The Balaban J connectivity index is 2.16. The molecule has 0 saturated heterocycles. The summed E-state index contributed by atoms with van der Waals surface area (Å²) >= 11 is 0. The number of hydrogen-bond donors (Lipinski definition) is 0. The molecule has 27 heavy (non-hydrogen) atoms. The van der Waals surface area contributed by atoms with Crippen molar-refractivity contribution in [3.8, 4) is 0 Å². The molecule has 0 aliphatic rings. The van der Waals surface area contributed by atoms with Crippen LogP contribution in [0, 0.1) is 0 Å². The van der Waals surface area contributed by atoms with E-state index in [0.717, 1.165) is 5.92 Å². The smallest absolute Gasteiger partial charge is 0.0162 e. The van der Waals surface area contributed by atoms with Crippen molar-refractivity contribution in [2.45, 2.75) is 135 Å². The molecule has 0 saturated carbocycles. The average molecular weight is 373 g/mol. The first-order valence-electron chi connectivity index (χ1n) is 12.4. The van der Waals surface area contributed by atoms with Crippen LogP contribution in [0.1, 0.15) is 141 Å². The van der Waals surface area contributed by atoms with Gasteiger partial charge in [0.05, 0.1) is 0 Å². The highest BCUT2D eigenvalue weighted by Crippen LogP contribution is 2.28. The van der Waals surface area contributed by atoms with Crippen molar-refractivity contribution in [2.75, 3.05) is 0 Å². The van der Waals surface area contributed by atoms with Gasteiger partial charge in [0, 0.05) is 0 Å². The van der Waals surface area contributed by atoms with E-state index in [4.69, 9.17) is 0 Å². The van der Waals surface area contributed by atoms with Crippen LogP contribution >= 0.6 is 0 Å². The van der Waals surface area contributed by atoms with Gasteiger partial charge < -0.3 is 0 Å². The highest BCUT2D eigenvalue weighted by atomic mass is 14.2. The number of hydrogen-bond acceptors (Lipinski definition) is 0. The molecule has 1 rings (SSSR count). The molecule has 156 valence electrons. The predicted octanol–water partition coefficient (Wildman–Crippen LogP) is 9.83. The van der Waals surface area contributed by atoms with E-state index >= 15 is 0 Å². The van der Waals surface area contributed by atoms with Gasteiger partial charge in [0.1, 0.15) is 0 Å². The molecule has 0 aliphatic carbocycles. The Morgan fingerprint density at radius 1 is 0.481 bits per heavy atom. The van der Waals surface area contributed by atoms with Crippen LogP contribution in [-0.2, 0) is 0 Å². The molecule has 0 bridgehead atoms. The van der Waals surface area contributed by atoms with E-state index in [1.807, 2.05) is 0 Å². The van der Waals surface area contributed by atoms with E-state index in [1.54, 1.807) is 5.56 Å². The van der Waals surface area contributed by atoms with E-state index in [9.17, 15) is 0 Å². The monoisotopic (exact) mass is 372 g/mol. The fourth-order valence-corrected chi connectivity index (χ4v) is 4.25. The molecule has 1 atom stereocenters. The minimum atomic E-state index is 0.798. The minimum Gasteiger partial charge on any atom is -0.0654 e. The Morgan fingerprint density at radius 3 is 1.26 bits per heavy atom. The molecular weight excluding hydrogens is 324 g/mol. The zero-order valence-corrected chi connectivity index (χ0v) is 18.7. The summed E-state index contributed by atoms with van der Waals surface area (Å²) in [5.74, 6) is 0.798. The molecule has 1 aromatic rings. The van der Waals surface area contributed by atoms with E-state index < -0.39 is 0 Å². The number of rotatable bonds is 19. The maximum absolute atomic E-state index is 2.36. The summed E-state index contributed by atoms with van der Waals surface area (Å²) in [7, 11) is 0. The molecule has 0 nitrogen and oxygen atoms in total. The van der Waals surface area contributed by atoms with Gasteiger partial charge >= 0.3 is 0 Å². The Kier molecular flexibility index (Phi) is 16.7. The van der Waals surface area contributed by atoms with E-state index in [-0.39, 0.29) is 0 Å².